The molecule has 4 nitrogen and oxygen atoms in total. The molecule has 0 atom stereocenters. The van der Waals surface area contributed by atoms with Gasteiger partial charge < -0.3 is 10.2 Å². The smallest absolute Gasteiger partial charge is 0.225 e. The molecule has 0 radical (unpaired) electrons. The summed E-state index contributed by atoms with van der Waals surface area (Å²) in [5.41, 5.74) is 2.14. The van der Waals surface area contributed by atoms with Gasteiger partial charge in [0.2, 0.25) is 5.95 Å². The number of nitrogens with zero attached hydrogens (tertiary/aromatic N) is 3. The van der Waals surface area contributed by atoms with Crippen molar-refractivity contribution in [2.45, 2.75) is 40.0 Å². The molecule has 1 N–H and O–H groups in total. The Morgan fingerprint density at radius 1 is 1.12 bits per heavy atom. The van der Waals surface area contributed by atoms with Crippen LogP contribution in [-0.4, -0.2) is 29.6 Å². The molecule has 1 fully saturated rings. The third-order valence-electron chi connectivity index (χ3n) is 4.89. The first-order valence-electron chi connectivity index (χ1n) is 9.55. The lowest BCUT2D eigenvalue weighted by Crippen LogP contribution is -2.33. The standard InChI is InChI=1S/C21H30N4/c1-16(2)9-12-22-21-23-19(18-7-5-4-6-8-18)15-20(24-21)25-13-10-17(3)11-14-25/h4-8,15-17H,9-14H2,1-3H3,(H,22,23,24). The molecular formula is C21H30N4. The quantitative estimate of drug-likeness (QED) is 0.818. The van der Waals surface area contributed by atoms with Crippen LogP contribution in [0.5, 0.6) is 0 Å². The molecule has 1 aliphatic heterocycles. The number of piperidine rings is 1. The number of aromatic nitrogens is 2. The summed E-state index contributed by atoms with van der Waals surface area (Å²) in [6.07, 6.45) is 3.59. The minimum atomic E-state index is 0.674. The average Bonchev–Trinajstić information content (AvgIpc) is 2.62. The van der Waals surface area contributed by atoms with Crippen molar-refractivity contribution >= 4 is 11.8 Å². The van der Waals surface area contributed by atoms with Crippen LogP contribution in [0.1, 0.15) is 40.0 Å². The van der Waals surface area contributed by atoms with Crippen LogP contribution in [0.25, 0.3) is 11.3 Å². The van der Waals surface area contributed by atoms with Gasteiger partial charge in [-0.1, -0.05) is 51.1 Å². The van der Waals surface area contributed by atoms with Gasteiger partial charge in [0.05, 0.1) is 5.69 Å². The molecule has 3 rings (SSSR count). The van der Waals surface area contributed by atoms with E-state index in [0.717, 1.165) is 55.0 Å². The second-order valence-electron chi connectivity index (χ2n) is 7.58. The van der Waals surface area contributed by atoms with Crippen LogP contribution in [0.4, 0.5) is 11.8 Å². The Kier molecular flexibility index (Phi) is 5.90. The lowest BCUT2D eigenvalue weighted by molar-refractivity contribution is 0.436. The highest BCUT2D eigenvalue weighted by Gasteiger charge is 2.18. The maximum Gasteiger partial charge on any atom is 0.225 e. The van der Waals surface area contributed by atoms with E-state index in [-0.39, 0.29) is 0 Å². The van der Waals surface area contributed by atoms with Crippen molar-refractivity contribution in [3.63, 3.8) is 0 Å². The number of hydrogen-bond donors (Lipinski definition) is 1. The van der Waals surface area contributed by atoms with Crippen LogP contribution in [0.3, 0.4) is 0 Å². The normalized spacial score (nSPS) is 15.6. The molecular weight excluding hydrogens is 308 g/mol. The van der Waals surface area contributed by atoms with Crippen molar-refractivity contribution in [1.82, 2.24) is 9.97 Å². The minimum Gasteiger partial charge on any atom is -0.356 e. The summed E-state index contributed by atoms with van der Waals surface area (Å²) >= 11 is 0. The molecule has 1 aliphatic rings. The van der Waals surface area contributed by atoms with Crippen molar-refractivity contribution in [1.29, 1.82) is 0 Å². The molecule has 2 aromatic rings. The Morgan fingerprint density at radius 2 is 1.84 bits per heavy atom. The Balaban J connectivity index is 1.85. The van der Waals surface area contributed by atoms with E-state index in [0.29, 0.717) is 5.92 Å². The van der Waals surface area contributed by atoms with Crippen LogP contribution >= 0.6 is 0 Å². The Bertz CT molecular complexity index is 661. The van der Waals surface area contributed by atoms with Gasteiger partial charge in [0.15, 0.2) is 0 Å². The number of anilines is 2. The zero-order valence-electron chi connectivity index (χ0n) is 15.7. The van der Waals surface area contributed by atoms with Crippen LogP contribution in [0.15, 0.2) is 36.4 Å². The third kappa shape index (κ3) is 4.94. The van der Waals surface area contributed by atoms with Crippen LogP contribution in [0, 0.1) is 11.8 Å². The molecule has 0 saturated carbocycles. The molecule has 2 heterocycles. The summed E-state index contributed by atoms with van der Waals surface area (Å²) in [6, 6.07) is 12.5. The van der Waals surface area contributed by atoms with Crippen molar-refractivity contribution in [2.24, 2.45) is 11.8 Å². The summed E-state index contributed by atoms with van der Waals surface area (Å²) in [4.78, 5) is 12.0. The third-order valence-corrected chi connectivity index (χ3v) is 4.89. The SMILES string of the molecule is CC(C)CCNc1nc(-c2ccccc2)cc(N2CCC(C)CC2)n1. The Hall–Kier alpha value is -2.10. The van der Waals surface area contributed by atoms with Crippen molar-refractivity contribution in [3.05, 3.63) is 36.4 Å². The first kappa shape index (κ1) is 17.7. The van der Waals surface area contributed by atoms with Gasteiger partial charge >= 0.3 is 0 Å². The Labute approximate surface area is 151 Å². The lowest BCUT2D eigenvalue weighted by atomic mass is 9.99. The average molecular weight is 338 g/mol. The van der Waals surface area contributed by atoms with E-state index in [4.69, 9.17) is 9.97 Å². The van der Waals surface area contributed by atoms with Crippen LogP contribution in [-0.2, 0) is 0 Å². The van der Waals surface area contributed by atoms with Gasteiger partial charge in [0.25, 0.3) is 0 Å². The van der Waals surface area contributed by atoms with Crippen molar-refractivity contribution in [2.75, 3.05) is 29.9 Å². The zero-order valence-corrected chi connectivity index (χ0v) is 15.7. The molecule has 0 unspecified atom stereocenters. The summed E-state index contributed by atoms with van der Waals surface area (Å²) in [6.45, 7) is 9.89. The molecule has 1 aromatic carbocycles. The van der Waals surface area contributed by atoms with Gasteiger partial charge in [0.1, 0.15) is 5.82 Å². The predicted octanol–water partition coefficient (Wildman–Crippen LogP) is 4.84. The van der Waals surface area contributed by atoms with Gasteiger partial charge in [-0.25, -0.2) is 4.98 Å². The summed E-state index contributed by atoms with van der Waals surface area (Å²) in [5.74, 6) is 3.28. The summed E-state index contributed by atoms with van der Waals surface area (Å²) < 4.78 is 0. The molecule has 25 heavy (non-hydrogen) atoms. The highest BCUT2D eigenvalue weighted by Crippen LogP contribution is 2.26. The van der Waals surface area contributed by atoms with Crippen molar-refractivity contribution in [3.8, 4) is 11.3 Å². The zero-order chi connectivity index (χ0) is 17.6. The molecule has 134 valence electrons. The molecule has 0 spiro atoms. The largest absolute Gasteiger partial charge is 0.356 e. The number of benzene rings is 1. The molecule has 0 amide bonds. The van der Waals surface area contributed by atoms with Gasteiger partial charge in [-0.3, -0.25) is 0 Å². The number of hydrogen-bond acceptors (Lipinski definition) is 4. The second kappa shape index (κ2) is 8.32. The molecule has 1 aromatic heterocycles. The van der Waals surface area contributed by atoms with E-state index < -0.39 is 0 Å². The van der Waals surface area contributed by atoms with Gasteiger partial charge in [-0.2, -0.15) is 4.98 Å². The fourth-order valence-corrected chi connectivity index (χ4v) is 3.14. The molecule has 0 bridgehead atoms. The Morgan fingerprint density at radius 3 is 2.52 bits per heavy atom. The van der Waals surface area contributed by atoms with E-state index >= 15 is 0 Å². The summed E-state index contributed by atoms with van der Waals surface area (Å²) in [5, 5.41) is 3.43. The van der Waals surface area contributed by atoms with Crippen LogP contribution in [0.2, 0.25) is 0 Å². The van der Waals surface area contributed by atoms with E-state index in [1.54, 1.807) is 0 Å². The maximum atomic E-state index is 4.81. The first-order valence-corrected chi connectivity index (χ1v) is 9.55. The van der Waals surface area contributed by atoms with Crippen LogP contribution < -0.4 is 10.2 Å². The highest BCUT2D eigenvalue weighted by molar-refractivity contribution is 5.64. The molecule has 4 heteroatoms. The van der Waals surface area contributed by atoms with E-state index in [9.17, 15) is 0 Å². The van der Waals surface area contributed by atoms with E-state index in [1.165, 1.54) is 12.8 Å². The van der Waals surface area contributed by atoms with Gasteiger partial charge in [-0.05, 0) is 31.1 Å². The molecule has 1 saturated heterocycles. The fraction of sp³-hybridized carbons (Fsp3) is 0.524. The maximum absolute atomic E-state index is 4.81. The number of rotatable bonds is 6. The lowest BCUT2D eigenvalue weighted by Gasteiger charge is -2.31. The topological polar surface area (TPSA) is 41.1 Å². The second-order valence-corrected chi connectivity index (χ2v) is 7.58. The highest BCUT2D eigenvalue weighted by atomic mass is 15.2. The van der Waals surface area contributed by atoms with E-state index in [2.05, 4.69) is 61.3 Å². The first-order chi connectivity index (χ1) is 12.1. The fourth-order valence-electron chi connectivity index (χ4n) is 3.14. The molecule has 0 aliphatic carbocycles. The number of nitrogens with one attached hydrogen (secondary N) is 1. The van der Waals surface area contributed by atoms with E-state index in [1.807, 2.05) is 6.07 Å². The van der Waals surface area contributed by atoms with Gasteiger partial charge in [0, 0.05) is 31.3 Å². The predicted molar refractivity (Wildman–Crippen MR) is 106 cm³/mol. The monoisotopic (exact) mass is 338 g/mol. The minimum absolute atomic E-state index is 0.674. The summed E-state index contributed by atoms with van der Waals surface area (Å²) in [7, 11) is 0. The van der Waals surface area contributed by atoms with Crippen molar-refractivity contribution < 1.29 is 0 Å². The van der Waals surface area contributed by atoms with Gasteiger partial charge in [-0.15, -0.1) is 0 Å².